The van der Waals surface area contributed by atoms with Crippen molar-refractivity contribution in [2.24, 2.45) is 0 Å². The van der Waals surface area contributed by atoms with Crippen molar-refractivity contribution in [3.63, 3.8) is 0 Å². The van der Waals surface area contributed by atoms with Gasteiger partial charge in [-0.25, -0.2) is 13.1 Å². The van der Waals surface area contributed by atoms with Crippen LogP contribution in [0.4, 0.5) is 0 Å². The lowest BCUT2D eigenvalue weighted by Gasteiger charge is -2.14. The second-order valence-electron chi connectivity index (χ2n) is 4.30. The Labute approximate surface area is 124 Å². The molecule has 1 N–H and O–H groups in total. The van der Waals surface area contributed by atoms with E-state index < -0.39 is 10.0 Å². The fourth-order valence-corrected chi connectivity index (χ4v) is 3.26. The molecule has 0 aliphatic carbocycles. The molecular weight excluding hydrogens is 290 g/mol. The van der Waals surface area contributed by atoms with E-state index in [4.69, 9.17) is 9.47 Å². The number of hydrogen-bond donors (Lipinski definition) is 1. The molecule has 0 aliphatic heterocycles. The number of rotatable bonds is 6. The van der Waals surface area contributed by atoms with Crippen molar-refractivity contribution in [1.82, 2.24) is 4.72 Å². The molecular formula is C15H17NO4S. The highest BCUT2D eigenvalue weighted by Crippen LogP contribution is 2.32. The Morgan fingerprint density at radius 3 is 2.00 bits per heavy atom. The van der Waals surface area contributed by atoms with Crippen molar-refractivity contribution in [2.75, 3.05) is 14.2 Å². The summed E-state index contributed by atoms with van der Waals surface area (Å²) in [4.78, 5) is 0.00549. The number of benzene rings is 2. The van der Waals surface area contributed by atoms with Gasteiger partial charge < -0.3 is 9.47 Å². The molecule has 0 saturated heterocycles. The summed E-state index contributed by atoms with van der Waals surface area (Å²) in [6, 6.07) is 14.1. The van der Waals surface area contributed by atoms with E-state index in [1.54, 1.807) is 18.2 Å². The molecule has 112 valence electrons. The van der Waals surface area contributed by atoms with Crippen LogP contribution in [0.3, 0.4) is 0 Å². The quantitative estimate of drug-likeness (QED) is 0.888. The molecule has 0 unspecified atom stereocenters. The normalized spacial score (nSPS) is 11.1. The van der Waals surface area contributed by atoms with E-state index in [2.05, 4.69) is 4.72 Å². The SMILES string of the molecule is COc1cccc(OC)c1S(=O)(=O)NCc1ccccc1. The van der Waals surface area contributed by atoms with Crippen molar-refractivity contribution in [2.45, 2.75) is 11.4 Å². The monoisotopic (exact) mass is 307 g/mol. The molecule has 0 atom stereocenters. The third kappa shape index (κ3) is 3.53. The standard InChI is InChI=1S/C15H17NO4S/c1-19-13-9-6-10-14(20-2)15(13)21(17,18)16-11-12-7-4-3-5-8-12/h3-10,16H,11H2,1-2H3. The van der Waals surface area contributed by atoms with E-state index in [1.165, 1.54) is 14.2 Å². The highest BCUT2D eigenvalue weighted by molar-refractivity contribution is 7.89. The summed E-state index contributed by atoms with van der Waals surface area (Å²) < 4.78 is 37.8. The molecule has 6 heteroatoms. The van der Waals surface area contributed by atoms with Gasteiger partial charge in [0.05, 0.1) is 14.2 Å². The van der Waals surface area contributed by atoms with Crippen LogP contribution in [-0.2, 0) is 16.6 Å². The zero-order valence-electron chi connectivity index (χ0n) is 11.9. The van der Waals surface area contributed by atoms with Gasteiger partial charge in [0, 0.05) is 6.54 Å². The molecule has 2 aromatic rings. The molecule has 0 fully saturated rings. The van der Waals surface area contributed by atoms with Crippen molar-refractivity contribution in [3.05, 3.63) is 54.1 Å². The topological polar surface area (TPSA) is 64.6 Å². The van der Waals surface area contributed by atoms with E-state index in [1.807, 2.05) is 30.3 Å². The Balaban J connectivity index is 2.31. The molecule has 2 aromatic carbocycles. The molecule has 2 rings (SSSR count). The third-order valence-electron chi connectivity index (χ3n) is 2.96. The molecule has 0 heterocycles. The molecule has 0 saturated carbocycles. The summed E-state index contributed by atoms with van der Waals surface area (Å²) in [7, 11) is -0.901. The number of sulfonamides is 1. The second-order valence-corrected chi connectivity index (χ2v) is 6.01. The zero-order valence-corrected chi connectivity index (χ0v) is 12.7. The van der Waals surface area contributed by atoms with Gasteiger partial charge >= 0.3 is 0 Å². The first-order valence-electron chi connectivity index (χ1n) is 6.33. The van der Waals surface area contributed by atoms with Gasteiger partial charge in [-0.15, -0.1) is 0 Å². The molecule has 0 aromatic heterocycles. The second kappa shape index (κ2) is 6.60. The van der Waals surface area contributed by atoms with E-state index >= 15 is 0 Å². The van der Waals surface area contributed by atoms with Crippen LogP contribution >= 0.6 is 0 Å². The smallest absolute Gasteiger partial charge is 0.248 e. The third-order valence-corrected chi connectivity index (χ3v) is 4.42. The zero-order chi connectivity index (χ0) is 15.3. The van der Waals surface area contributed by atoms with Gasteiger partial charge in [0.15, 0.2) is 4.90 Å². The van der Waals surface area contributed by atoms with Gasteiger partial charge in [-0.2, -0.15) is 0 Å². The highest BCUT2D eigenvalue weighted by Gasteiger charge is 2.24. The van der Waals surface area contributed by atoms with Crippen LogP contribution in [0, 0.1) is 0 Å². The summed E-state index contributed by atoms with van der Waals surface area (Å²) in [5.74, 6) is 0.491. The summed E-state index contributed by atoms with van der Waals surface area (Å²) >= 11 is 0. The predicted molar refractivity (Wildman–Crippen MR) is 80.0 cm³/mol. The van der Waals surface area contributed by atoms with Crippen LogP contribution < -0.4 is 14.2 Å². The minimum absolute atomic E-state index is 0.00549. The van der Waals surface area contributed by atoms with Gasteiger partial charge in [-0.3, -0.25) is 0 Å². The molecule has 0 spiro atoms. The number of hydrogen-bond acceptors (Lipinski definition) is 4. The van der Waals surface area contributed by atoms with Gasteiger partial charge in [-0.05, 0) is 17.7 Å². The molecule has 0 amide bonds. The van der Waals surface area contributed by atoms with Crippen LogP contribution in [0.25, 0.3) is 0 Å². The van der Waals surface area contributed by atoms with Gasteiger partial charge in [-0.1, -0.05) is 36.4 Å². The average molecular weight is 307 g/mol. The fraction of sp³-hybridized carbons (Fsp3) is 0.200. The Morgan fingerprint density at radius 1 is 0.905 bits per heavy atom. The van der Waals surface area contributed by atoms with E-state index in [0.29, 0.717) is 0 Å². The van der Waals surface area contributed by atoms with Crippen molar-refractivity contribution in [1.29, 1.82) is 0 Å². The maximum absolute atomic E-state index is 12.5. The summed E-state index contributed by atoms with van der Waals surface area (Å²) in [6.07, 6.45) is 0. The predicted octanol–water partition coefficient (Wildman–Crippen LogP) is 2.18. The lowest BCUT2D eigenvalue weighted by molar-refractivity contribution is 0.373. The van der Waals surface area contributed by atoms with E-state index in [-0.39, 0.29) is 22.9 Å². The Kier molecular flexibility index (Phi) is 4.82. The number of nitrogens with one attached hydrogen (secondary N) is 1. The van der Waals surface area contributed by atoms with Crippen LogP contribution in [-0.4, -0.2) is 22.6 Å². The molecule has 5 nitrogen and oxygen atoms in total. The van der Waals surface area contributed by atoms with Crippen LogP contribution in [0.1, 0.15) is 5.56 Å². The first-order valence-corrected chi connectivity index (χ1v) is 7.81. The lowest BCUT2D eigenvalue weighted by Crippen LogP contribution is -2.24. The molecule has 0 radical (unpaired) electrons. The van der Waals surface area contributed by atoms with Crippen LogP contribution in [0.15, 0.2) is 53.4 Å². The number of methoxy groups -OCH3 is 2. The maximum Gasteiger partial charge on any atom is 0.248 e. The Hall–Kier alpha value is -2.05. The van der Waals surface area contributed by atoms with Crippen LogP contribution in [0.5, 0.6) is 11.5 Å². The summed E-state index contributed by atoms with van der Waals surface area (Å²) in [6.45, 7) is 0.199. The summed E-state index contributed by atoms with van der Waals surface area (Å²) in [5, 5.41) is 0. The van der Waals surface area contributed by atoms with Crippen molar-refractivity contribution < 1.29 is 17.9 Å². The van der Waals surface area contributed by atoms with Crippen molar-refractivity contribution in [3.8, 4) is 11.5 Å². The van der Waals surface area contributed by atoms with Gasteiger partial charge in [0.1, 0.15) is 11.5 Å². The molecule has 0 bridgehead atoms. The molecule has 21 heavy (non-hydrogen) atoms. The minimum atomic E-state index is -3.74. The average Bonchev–Trinajstić information content (AvgIpc) is 2.53. The molecule has 0 aliphatic rings. The van der Waals surface area contributed by atoms with E-state index in [9.17, 15) is 8.42 Å². The van der Waals surface area contributed by atoms with Gasteiger partial charge in [0.25, 0.3) is 0 Å². The number of ether oxygens (including phenoxy) is 2. The highest BCUT2D eigenvalue weighted by atomic mass is 32.2. The van der Waals surface area contributed by atoms with Gasteiger partial charge in [0.2, 0.25) is 10.0 Å². The fourth-order valence-electron chi connectivity index (χ4n) is 1.93. The Morgan fingerprint density at radius 2 is 1.48 bits per heavy atom. The first kappa shape index (κ1) is 15.3. The maximum atomic E-state index is 12.5. The van der Waals surface area contributed by atoms with Crippen LogP contribution in [0.2, 0.25) is 0 Å². The lowest BCUT2D eigenvalue weighted by atomic mass is 10.2. The largest absolute Gasteiger partial charge is 0.495 e. The van der Waals surface area contributed by atoms with Crippen molar-refractivity contribution >= 4 is 10.0 Å². The first-order chi connectivity index (χ1) is 10.1. The Bertz CT molecular complexity index is 677. The van der Waals surface area contributed by atoms with E-state index in [0.717, 1.165) is 5.56 Å². The summed E-state index contributed by atoms with van der Waals surface area (Å²) in [5.41, 5.74) is 0.870. The minimum Gasteiger partial charge on any atom is -0.495 e.